The molecule has 2 aromatic carbocycles. The Labute approximate surface area is 187 Å². The summed E-state index contributed by atoms with van der Waals surface area (Å²) in [5.41, 5.74) is 3.30. The fourth-order valence-corrected chi connectivity index (χ4v) is 3.88. The minimum Gasteiger partial charge on any atom is -0.370 e. The van der Waals surface area contributed by atoms with E-state index in [2.05, 4.69) is 56.5 Å². The second-order valence-corrected chi connectivity index (χ2v) is 7.84. The quantitative estimate of drug-likeness (QED) is 0.480. The minimum atomic E-state index is 0.0321. The van der Waals surface area contributed by atoms with E-state index in [9.17, 15) is 0 Å². The zero-order valence-electron chi connectivity index (χ0n) is 17.7. The molecule has 0 spiro atoms. The summed E-state index contributed by atoms with van der Waals surface area (Å²) in [6.45, 7) is 4.96. The number of ether oxygens (including phenoxy) is 1. The van der Waals surface area contributed by atoms with Crippen LogP contribution in [0.15, 0.2) is 58.0 Å². The number of aromatic nitrogens is 2. The molecule has 0 amide bonds. The normalized spacial score (nSPS) is 17.1. The fourth-order valence-electron chi connectivity index (χ4n) is 3.69. The molecule has 1 fully saturated rings. The summed E-state index contributed by atoms with van der Waals surface area (Å²) >= 11 is 6.04. The predicted octanol–water partition coefficient (Wildman–Crippen LogP) is 3.89. The van der Waals surface area contributed by atoms with Gasteiger partial charge in [0.25, 0.3) is 0 Å². The van der Waals surface area contributed by atoms with Crippen molar-refractivity contribution in [1.82, 2.24) is 20.4 Å². The molecule has 162 valence electrons. The number of aryl methyl sites for hydroxylation is 1. The average Bonchev–Trinajstić information content (AvgIpc) is 3.26. The molecule has 1 atom stereocenters. The lowest BCUT2D eigenvalue weighted by atomic mass is 10.0. The van der Waals surface area contributed by atoms with Gasteiger partial charge in [-0.1, -0.05) is 53.2 Å². The van der Waals surface area contributed by atoms with Gasteiger partial charge in [-0.3, -0.25) is 4.99 Å². The molecule has 1 aromatic heterocycles. The van der Waals surface area contributed by atoms with Crippen molar-refractivity contribution in [3.05, 3.63) is 70.6 Å². The van der Waals surface area contributed by atoms with Gasteiger partial charge in [-0.2, -0.15) is 4.98 Å². The van der Waals surface area contributed by atoms with Crippen LogP contribution in [0.5, 0.6) is 0 Å². The molecule has 0 aliphatic carbocycles. The van der Waals surface area contributed by atoms with Crippen LogP contribution in [0.4, 0.5) is 0 Å². The van der Waals surface area contributed by atoms with Crippen LogP contribution in [0, 0.1) is 6.92 Å². The largest absolute Gasteiger partial charge is 0.370 e. The first-order valence-corrected chi connectivity index (χ1v) is 10.7. The molecular weight excluding hydrogens is 414 g/mol. The van der Waals surface area contributed by atoms with Crippen LogP contribution in [0.2, 0.25) is 5.02 Å². The monoisotopic (exact) mass is 439 g/mol. The van der Waals surface area contributed by atoms with E-state index in [1.54, 1.807) is 7.05 Å². The Balaban J connectivity index is 1.33. The molecule has 8 heteroatoms. The molecule has 3 aromatic rings. The van der Waals surface area contributed by atoms with Crippen molar-refractivity contribution >= 4 is 17.6 Å². The van der Waals surface area contributed by atoms with E-state index in [0.717, 1.165) is 24.6 Å². The number of benzene rings is 2. The van der Waals surface area contributed by atoms with E-state index < -0.39 is 0 Å². The Hall–Kier alpha value is -2.90. The Bertz CT molecular complexity index is 1050. The van der Waals surface area contributed by atoms with Crippen molar-refractivity contribution in [2.24, 2.45) is 4.99 Å². The maximum Gasteiger partial charge on any atom is 0.228 e. The van der Waals surface area contributed by atoms with Crippen LogP contribution in [0.25, 0.3) is 11.4 Å². The number of aliphatic imine (C=N–C) groups is 1. The smallest absolute Gasteiger partial charge is 0.228 e. The molecule has 0 saturated carbocycles. The molecule has 1 N–H and O–H groups in total. The van der Waals surface area contributed by atoms with Crippen molar-refractivity contribution in [2.45, 2.75) is 19.4 Å². The molecular formula is C23H26ClN5O2. The molecule has 7 nitrogen and oxygen atoms in total. The third-order valence-corrected chi connectivity index (χ3v) is 5.52. The molecule has 1 unspecified atom stereocenters. The summed E-state index contributed by atoms with van der Waals surface area (Å²) in [6, 6.07) is 15.8. The first kappa shape index (κ1) is 21.3. The second kappa shape index (κ2) is 9.94. The highest BCUT2D eigenvalue weighted by molar-refractivity contribution is 6.30. The van der Waals surface area contributed by atoms with Gasteiger partial charge in [0.05, 0.1) is 13.2 Å². The number of morpholine rings is 1. The van der Waals surface area contributed by atoms with Crippen LogP contribution in [-0.2, 0) is 11.2 Å². The van der Waals surface area contributed by atoms with E-state index in [1.165, 1.54) is 11.1 Å². The van der Waals surface area contributed by atoms with E-state index in [0.29, 0.717) is 36.3 Å². The minimum absolute atomic E-state index is 0.0321. The van der Waals surface area contributed by atoms with Gasteiger partial charge in [-0.05, 0) is 30.2 Å². The summed E-state index contributed by atoms with van der Waals surface area (Å²) < 4.78 is 11.4. The summed E-state index contributed by atoms with van der Waals surface area (Å²) in [6.07, 6.45) is 0.628. The van der Waals surface area contributed by atoms with Gasteiger partial charge in [-0.15, -0.1) is 0 Å². The first-order chi connectivity index (χ1) is 15.1. The highest BCUT2D eigenvalue weighted by atomic mass is 35.5. The molecule has 4 rings (SSSR count). The van der Waals surface area contributed by atoms with Crippen LogP contribution in [0.1, 0.15) is 23.1 Å². The van der Waals surface area contributed by atoms with Gasteiger partial charge in [0, 0.05) is 37.1 Å². The molecule has 0 bridgehead atoms. The predicted molar refractivity (Wildman–Crippen MR) is 121 cm³/mol. The van der Waals surface area contributed by atoms with E-state index >= 15 is 0 Å². The lowest BCUT2D eigenvalue weighted by Gasteiger charge is -2.35. The number of rotatable bonds is 5. The van der Waals surface area contributed by atoms with Crippen LogP contribution < -0.4 is 5.32 Å². The van der Waals surface area contributed by atoms with Crippen molar-refractivity contribution in [3.63, 3.8) is 0 Å². The zero-order valence-corrected chi connectivity index (χ0v) is 18.5. The molecule has 1 aliphatic heterocycles. The highest BCUT2D eigenvalue weighted by Gasteiger charge is 2.25. The topological polar surface area (TPSA) is 75.8 Å². The molecule has 1 saturated heterocycles. The van der Waals surface area contributed by atoms with Crippen LogP contribution >= 0.6 is 11.6 Å². The van der Waals surface area contributed by atoms with Gasteiger partial charge in [0.15, 0.2) is 5.96 Å². The maximum atomic E-state index is 6.04. The summed E-state index contributed by atoms with van der Waals surface area (Å²) in [7, 11) is 1.80. The van der Waals surface area contributed by atoms with Crippen LogP contribution in [-0.4, -0.2) is 54.3 Å². The van der Waals surface area contributed by atoms with E-state index in [1.807, 2.05) is 24.3 Å². The van der Waals surface area contributed by atoms with Crippen LogP contribution in [0.3, 0.4) is 0 Å². The third-order valence-electron chi connectivity index (χ3n) is 5.29. The zero-order chi connectivity index (χ0) is 21.6. The third kappa shape index (κ3) is 5.24. The summed E-state index contributed by atoms with van der Waals surface area (Å²) in [5, 5.41) is 8.10. The molecule has 0 radical (unpaired) electrons. The number of halogens is 1. The lowest BCUT2D eigenvalue weighted by Crippen LogP contribution is -2.48. The highest BCUT2D eigenvalue weighted by Crippen LogP contribution is 2.25. The lowest BCUT2D eigenvalue weighted by molar-refractivity contribution is -0.00830. The van der Waals surface area contributed by atoms with Gasteiger partial charge < -0.3 is 19.5 Å². The Morgan fingerprint density at radius 2 is 2.13 bits per heavy atom. The summed E-state index contributed by atoms with van der Waals surface area (Å²) in [5.74, 6) is 1.95. The molecule has 1 aliphatic rings. The average molecular weight is 440 g/mol. The van der Waals surface area contributed by atoms with Gasteiger partial charge >= 0.3 is 0 Å². The van der Waals surface area contributed by atoms with Crippen molar-refractivity contribution < 1.29 is 9.26 Å². The second-order valence-electron chi connectivity index (χ2n) is 7.41. The number of nitrogens with zero attached hydrogens (tertiary/aromatic N) is 4. The number of guanidine groups is 1. The van der Waals surface area contributed by atoms with Crippen molar-refractivity contribution in [2.75, 3.05) is 33.3 Å². The molecule has 31 heavy (non-hydrogen) atoms. The number of hydrogen-bond acceptors (Lipinski definition) is 5. The van der Waals surface area contributed by atoms with Crippen molar-refractivity contribution in [1.29, 1.82) is 0 Å². The van der Waals surface area contributed by atoms with Gasteiger partial charge in [0.2, 0.25) is 11.7 Å². The Morgan fingerprint density at radius 3 is 2.94 bits per heavy atom. The van der Waals surface area contributed by atoms with Gasteiger partial charge in [0.1, 0.15) is 6.10 Å². The Morgan fingerprint density at radius 1 is 1.26 bits per heavy atom. The first-order valence-electron chi connectivity index (χ1n) is 10.4. The summed E-state index contributed by atoms with van der Waals surface area (Å²) in [4.78, 5) is 11.1. The van der Waals surface area contributed by atoms with Gasteiger partial charge in [-0.25, -0.2) is 0 Å². The number of nitrogens with one attached hydrogen (secondary N) is 1. The molecule has 2 heterocycles. The maximum absolute atomic E-state index is 6.04. The van der Waals surface area contributed by atoms with E-state index in [4.69, 9.17) is 20.9 Å². The van der Waals surface area contributed by atoms with E-state index in [-0.39, 0.29) is 6.10 Å². The van der Waals surface area contributed by atoms with Crippen molar-refractivity contribution in [3.8, 4) is 11.4 Å². The Kier molecular flexibility index (Phi) is 6.84. The SMILES string of the molecule is CN=C(NCCc1nc(-c2cccc(Cl)c2)no1)N1CCOC(c2ccccc2C)C1. The number of hydrogen-bond donors (Lipinski definition) is 1. The standard InChI is InChI=1S/C23H26ClN5O2/c1-16-6-3-4-9-19(16)20-15-29(12-13-30-20)23(25-2)26-11-10-21-27-22(28-31-21)17-7-5-8-18(24)14-17/h3-9,14,20H,10-13,15H2,1-2H3,(H,25,26). The fraction of sp³-hybridized carbons (Fsp3) is 0.348.